The average molecular weight is 266 g/mol. The molecular weight excluding hydrogens is 250 g/mol. The van der Waals surface area contributed by atoms with E-state index >= 15 is 0 Å². The minimum Gasteiger partial charge on any atom is -0.256 e. The fourth-order valence-corrected chi connectivity index (χ4v) is 2.91. The SMILES string of the molecule is CCCC(Cl)CNS(=O)(=O)c1ccnn1C. The third-order valence-electron chi connectivity index (χ3n) is 2.15. The van der Waals surface area contributed by atoms with E-state index in [0.29, 0.717) is 0 Å². The van der Waals surface area contributed by atoms with Gasteiger partial charge in [0, 0.05) is 19.0 Å². The first-order valence-corrected chi connectivity index (χ1v) is 7.01. The van der Waals surface area contributed by atoms with Crippen LogP contribution in [0.15, 0.2) is 17.3 Å². The molecule has 1 aromatic heterocycles. The van der Waals surface area contributed by atoms with Crippen LogP contribution in [0.4, 0.5) is 0 Å². The number of rotatable bonds is 6. The Morgan fingerprint density at radius 3 is 2.81 bits per heavy atom. The standard InChI is InChI=1S/C9H16ClN3O2S/c1-3-4-8(10)7-12-16(14,15)9-5-6-11-13(9)2/h5-6,8,12H,3-4,7H2,1-2H3. The lowest BCUT2D eigenvalue weighted by molar-refractivity contribution is 0.559. The molecule has 5 nitrogen and oxygen atoms in total. The molecule has 0 aliphatic carbocycles. The first-order chi connectivity index (χ1) is 7.47. The Morgan fingerprint density at radius 1 is 1.62 bits per heavy atom. The second-order valence-corrected chi connectivity index (χ2v) is 5.86. The van der Waals surface area contributed by atoms with Gasteiger partial charge in [0.05, 0.1) is 6.20 Å². The minimum absolute atomic E-state index is 0.146. The molecule has 0 fully saturated rings. The Labute approximate surface area is 101 Å². The molecule has 0 amide bonds. The Kier molecular flexibility index (Phi) is 4.76. The highest BCUT2D eigenvalue weighted by Gasteiger charge is 2.18. The molecule has 0 radical (unpaired) electrons. The van der Waals surface area contributed by atoms with Crippen LogP contribution in [0.25, 0.3) is 0 Å². The maximum atomic E-state index is 11.8. The first-order valence-electron chi connectivity index (χ1n) is 5.09. The van der Waals surface area contributed by atoms with Crippen molar-refractivity contribution in [3.05, 3.63) is 12.3 Å². The summed E-state index contributed by atoms with van der Waals surface area (Å²) < 4.78 is 27.4. The van der Waals surface area contributed by atoms with Gasteiger partial charge in [-0.05, 0) is 12.5 Å². The van der Waals surface area contributed by atoms with Crippen molar-refractivity contribution < 1.29 is 8.42 Å². The normalized spacial score (nSPS) is 13.9. The van der Waals surface area contributed by atoms with E-state index in [1.54, 1.807) is 7.05 Å². The molecule has 7 heteroatoms. The van der Waals surface area contributed by atoms with Gasteiger partial charge >= 0.3 is 0 Å². The molecule has 1 heterocycles. The Hall–Kier alpha value is -0.590. The largest absolute Gasteiger partial charge is 0.257 e. The Balaban J connectivity index is 2.63. The number of aromatic nitrogens is 2. The van der Waals surface area contributed by atoms with E-state index in [1.165, 1.54) is 16.9 Å². The number of nitrogens with zero attached hydrogens (tertiary/aromatic N) is 2. The number of halogens is 1. The predicted octanol–water partition coefficient (Wildman–Crippen LogP) is 1.11. The molecule has 0 aliphatic heterocycles. The smallest absolute Gasteiger partial charge is 0.256 e. The van der Waals surface area contributed by atoms with E-state index in [2.05, 4.69) is 9.82 Å². The summed E-state index contributed by atoms with van der Waals surface area (Å²) in [6, 6.07) is 1.45. The van der Waals surface area contributed by atoms with Gasteiger partial charge in [-0.25, -0.2) is 13.1 Å². The molecule has 0 aromatic carbocycles. The highest BCUT2D eigenvalue weighted by molar-refractivity contribution is 7.89. The lowest BCUT2D eigenvalue weighted by atomic mass is 10.2. The summed E-state index contributed by atoms with van der Waals surface area (Å²) in [7, 11) is -1.91. The van der Waals surface area contributed by atoms with Crippen molar-refractivity contribution in [2.45, 2.75) is 30.2 Å². The summed E-state index contributed by atoms with van der Waals surface area (Å²) in [6.45, 7) is 2.24. The van der Waals surface area contributed by atoms with Crippen LogP contribution in [0.5, 0.6) is 0 Å². The van der Waals surface area contributed by atoms with Crippen molar-refractivity contribution in [1.29, 1.82) is 0 Å². The Bertz CT molecular complexity index is 430. The number of alkyl halides is 1. The van der Waals surface area contributed by atoms with Crippen molar-refractivity contribution in [3.63, 3.8) is 0 Å². The monoisotopic (exact) mass is 265 g/mol. The van der Waals surface area contributed by atoms with Crippen molar-refractivity contribution >= 4 is 21.6 Å². The van der Waals surface area contributed by atoms with Gasteiger partial charge in [0.25, 0.3) is 10.0 Å². The third-order valence-corrected chi connectivity index (χ3v) is 4.02. The van der Waals surface area contributed by atoms with Crippen LogP contribution < -0.4 is 4.72 Å². The van der Waals surface area contributed by atoms with Crippen molar-refractivity contribution in [1.82, 2.24) is 14.5 Å². The second-order valence-electron chi connectivity index (χ2n) is 3.53. The lowest BCUT2D eigenvalue weighted by Crippen LogP contribution is -2.31. The fourth-order valence-electron chi connectivity index (χ4n) is 1.31. The van der Waals surface area contributed by atoms with Crippen LogP contribution in [0.1, 0.15) is 19.8 Å². The average Bonchev–Trinajstić information content (AvgIpc) is 2.63. The molecule has 1 aromatic rings. The summed E-state index contributed by atoms with van der Waals surface area (Å²) in [5.74, 6) is 0. The van der Waals surface area contributed by atoms with E-state index < -0.39 is 10.0 Å². The molecule has 0 saturated carbocycles. The van der Waals surface area contributed by atoms with Crippen LogP contribution in [0.3, 0.4) is 0 Å². The van der Waals surface area contributed by atoms with Gasteiger partial charge in [-0.3, -0.25) is 4.68 Å². The molecule has 0 bridgehead atoms. The maximum Gasteiger partial charge on any atom is 0.257 e. The van der Waals surface area contributed by atoms with E-state index in [4.69, 9.17) is 11.6 Å². The molecule has 1 atom stereocenters. The minimum atomic E-state index is -3.49. The zero-order chi connectivity index (χ0) is 12.2. The van der Waals surface area contributed by atoms with Gasteiger partial charge in [0.1, 0.15) is 0 Å². The van der Waals surface area contributed by atoms with E-state index in [9.17, 15) is 8.42 Å². The zero-order valence-corrected chi connectivity index (χ0v) is 10.9. The predicted molar refractivity (Wildman–Crippen MR) is 62.9 cm³/mol. The number of aryl methyl sites for hydroxylation is 1. The van der Waals surface area contributed by atoms with Crippen LogP contribution in [-0.4, -0.2) is 30.1 Å². The fraction of sp³-hybridized carbons (Fsp3) is 0.667. The molecule has 0 spiro atoms. The van der Waals surface area contributed by atoms with E-state index in [0.717, 1.165) is 12.8 Å². The number of hydrogen-bond acceptors (Lipinski definition) is 3. The van der Waals surface area contributed by atoms with Crippen LogP contribution >= 0.6 is 11.6 Å². The molecule has 16 heavy (non-hydrogen) atoms. The van der Waals surface area contributed by atoms with Crippen LogP contribution in [0.2, 0.25) is 0 Å². The Morgan fingerprint density at radius 2 is 2.31 bits per heavy atom. The number of sulfonamides is 1. The van der Waals surface area contributed by atoms with Gasteiger partial charge in [-0.15, -0.1) is 11.6 Å². The molecule has 1 rings (SSSR count). The van der Waals surface area contributed by atoms with Crippen molar-refractivity contribution in [2.75, 3.05) is 6.54 Å². The maximum absolute atomic E-state index is 11.8. The zero-order valence-electron chi connectivity index (χ0n) is 9.35. The second kappa shape index (κ2) is 5.65. The van der Waals surface area contributed by atoms with E-state index in [-0.39, 0.29) is 16.9 Å². The summed E-state index contributed by atoms with van der Waals surface area (Å²) in [4.78, 5) is 0. The van der Waals surface area contributed by atoms with E-state index in [1.807, 2.05) is 6.92 Å². The summed E-state index contributed by atoms with van der Waals surface area (Å²) in [6.07, 6.45) is 3.16. The summed E-state index contributed by atoms with van der Waals surface area (Å²) in [5.41, 5.74) is 0. The highest BCUT2D eigenvalue weighted by atomic mass is 35.5. The quantitative estimate of drug-likeness (QED) is 0.784. The summed E-state index contributed by atoms with van der Waals surface area (Å²) >= 11 is 5.94. The van der Waals surface area contributed by atoms with Gasteiger partial charge in [0.15, 0.2) is 5.03 Å². The molecule has 0 saturated heterocycles. The molecule has 92 valence electrons. The highest BCUT2D eigenvalue weighted by Crippen LogP contribution is 2.08. The van der Waals surface area contributed by atoms with Gasteiger partial charge < -0.3 is 0 Å². The van der Waals surface area contributed by atoms with Crippen molar-refractivity contribution in [2.24, 2.45) is 7.05 Å². The van der Waals surface area contributed by atoms with Crippen molar-refractivity contribution in [3.8, 4) is 0 Å². The summed E-state index contributed by atoms with van der Waals surface area (Å²) in [5, 5.41) is 3.78. The van der Waals surface area contributed by atoms with Gasteiger partial charge in [-0.2, -0.15) is 5.10 Å². The number of hydrogen-bond donors (Lipinski definition) is 1. The first kappa shape index (κ1) is 13.5. The molecular formula is C9H16ClN3O2S. The van der Waals surface area contributed by atoms with Crippen LogP contribution in [-0.2, 0) is 17.1 Å². The van der Waals surface area contributed by atoms with Gasteiger partial charge in [-0.1, -0.05) is 13.3 Å². The third kappa shape index (κ3) is 3.47. The lowest BCUT2D eigenvalue weighted by Gasteiger charge is -2.10. The van der Waals surface area contributed by atoms with Crippen LogP contribution in [0, 0.1) is 0 Å². The molecule has 0 aliphatic rings. The topological polar surface area (TPSA) is 64.0 Å². The van der Waals surface area contributed by atoms with Gasteiger partial charge in [0.2, 0.25) is 0 Å². The molecule has 1 unspecified atom stereocenters. The molecule has 1 N–H and O–H groups in total. The number of nitrogens with one attached hydrogen (secondary N) is 1.